The van der Waals surface area contributed by atoms with Gasteiger partial charge in [0.25, 0.3) is 0 Å². The minimum Gasteiger partial charge on any atom is -0.465 e. The van der Waals surface area contributed by atoms with Gasteiger partial charge in [-0.1, -0.05) is 62.6 Å². The maximum atomic E-state index is 11.7. The fourth-order valence-electron chi connectivity index (χ4n) is 2.34. The first-order chi connectivity index (χ1) is 11.8. The third-order valence-electron chi connectivity index (χ3n) is 3.70. The van der Waals surface area contributed by atoms with Gasteiger partial charge in [0.05, 0.1) is 6.61 Å². The lowest BCUT2D eigenvalue weighted by Gasteiger charge is -2.12. The molecular formula is C21H36O2S. The van der Waals surface area contributed by atoms with Crippen molar-refractivity contribution in [2.75, 3.05) is 12.9 Å². The van der Waals surface area contributed by atoms with E-state index in [9.17, 15) is 4.79 Å². The first-order valence-corrected chi connectivity index (χ1v) is 10.7. The molecule has 138 valence electrons. The van der Waals surface area contributed by atoms with Crippen LogP contribution in [-0.4, -0.2) is 24.1 Å². The Hall–Kier alpha value is -0.960. The van der Waals surface area contributed by atoms with Crippen LogP contribution in [0.25, 0.3) is 0 Å². The largest absolute Gasteiger partial charge is 0.465 e. The van der Waals surface area contributed by atoms with Gasteiger partial charge >= 0.3 is 5.97 Å². The van der Waals surface area contributed by atoms with Crippen molar-refractivity contribution in [3.63, 3.8) is 0 Å². The minimum absolute atomic E-state index is 0.0174. The van der Waals surface area contributed by atoms with Crippen molar-refractivity contribution in [3.8, 4) is 0 Å². The molecule has 0 saturated heterocycles. The third-order valence-corrected chi connectivity index (χ3v) is 4.70. The molecule has 0 rings (SSSR count). The van der Waals surface area contributed by atoms with E-state index in [1.807, 2.05) is 13.2 Å². The third kappa shape index (κ3) is 14.6. The number of carbonyl (C=O) groups is 1. The van der Waals surface area contributed by atoms with Crippen molar-refractivity contribution >= 4 is 17.7 Å². The molecule has 0 aromatic carbocycles. The molecule has 0 aliphatic rings. The Morgan fingerprint density at radius 3 is 2.17 bits per heavy atom. The van der Waals surface area contributed by atoms with Crippen molar-refractivity contribution in [2.45, 2.75) is 76.9 Å². The maximum absolute atomic E-state index is 11.7. The smallest absolute Gasteiger partial charge is 0.319 e. The van der Waals surface area contributed by atoms with Crippen LogP contribution in [-0.2, 0) is 9.53 Å². The van der Waals surface area contributed by atoms with Crippen LogP contribution in [0.2, 0.25) is 0 Å². The molecule has 1 atom stereocenters. The van der Waals surface area contributed by atoms with Crippen LogP contribution < -0.4 is 0 Å². The topological polar surface area (TPSA) is 26.3 Å². The first-order valence-electron chi connectivity index (χ1n) is 9.40. The number of thioether (sulfide) groups is 1. The van der Waals surface area contributed by atoms with Gasteiger partial charge in [-0.15, -0.1) is 0 Å². The summed E-state index contributed by atoms with van der Waals surface area (Å²) in [6.07, 6.45) is 25.5. The van der Waals surface area contributed by atoms with E-state index < -0.39 is 0 Å². The summed E-state index contributed by atoms with van der Waals surface area (Å²) in [5.41, 5.74) is 0. The van der Waals surface area contributed by atoms with E-state index in [-0.39, 0.29) is 11.2 Å². The quantitative estimate of drug-likeness (QED) is 0.192. The molecule has 1 unspecified atom stereocenters. The Labute approximate surface area is 153 Å². The van der Waals surface area contributed by atoms with Gasteiger partial charge in [0.1, 0.15) is 5.25 Å². The van der Waals surface area contributed by atoms with Gasteiger partial charge in [0.15, 0.2) is 0 Å². The standard InChI is InChI=1S/C21H36O2S/c1-4-6-7-8-9-10-11-12-13-14-15-16-17-18-19-20(24-3)21(22)23-5-2/h6-7,9-10,12-13,20H,4-5,8,11,14-19H2,1-3H3/b7-6-,10-9-,13-12-. The van der Waals surface area contributed by atoms with Crippen LogP contribution in [0.15, 0.2) is 36.5 Å². The Balaban J connectivity index is 3.51. The number of carbonyl (C=O) groups excluding carboxylic acids is 1. The molecule has 0 aromatic heterocycles. The summed E-state index contributed by atoms with van der Waals surface area (Å²) in [5, 5.41) is 0.0174. The van der Waals surface area contributed by atoms with E-state index >= 15 is 0 Å². The number of rotatable bonds is 15. The molecule has 0 amide bonds. The van der Waals surface area contributed by atoms with Gasteiger partial charge in [-0.25, -0.2) is 0 Å². The Morgan fingerprint density at radius 2 is 1.54 bits per heavy atom. The predicted octanol–water partition coefficient (Wildman–Crippen LogP) is 6.48. The molecule has 0 heterocycles. The monoisotopic (exact) mass is 352 g/mol. The average molecular weight is 353 g/mol. The summed E-state index contributed by atoms with van der Waals surface area (Å²) in [6, 6.07) is 0. The van der Waals surface area contributed by atoms with Gasteiger partial charge in [0, 0.05) is 0 Å². The second-order valence-corrected chi connectivity index (χ2v) is 6.80. The normalized spacial score (nSPS) is 13.3. The van der Waals surface area contributed by atoms with Crippen molar-refractivity contribution in [1.82, 2.24) is 0 Å². The minimum atomic E-state index is -0.0498. The van der Waals surface area contributed by atoms with Crippen LogP contribution in [0.4, 0.5) is 0 Å². The highest BCUT2D eigenvalue weighted by Crippen LogP contribution is 2.17. The lowest BCUT2D eigenvalue weighted by Crippen LogP contribution is -2.19. The molecule has 0 aromatic rings. The number of hydrogen-bond acceptors (Lipinski definition) is 3. The predicted molar refractivity (Wildman–Crippen MR) is 109 cm³/mol. The van der Waals surface area contributed by atoms with E-state index in [0.29, 0.717) is 6.61 Å². The lowest BCUT2D eigenvalue weighted by molar-refractivity contribution is -0.142. The van der Waals surface area contributed by atoms with Gasteiger partial charge in [-0.2, -0.15) is 11.8 Å². The van der Waals surface area contributed by atoms with Gasteiger partial charge in [-0.3, -0.25) is 4.79 Å². The molecule has 0 bridgehead atoms. The summed E-state index contributed by atoms with van der Waals surface area (Å²) in [6.45, 7) is 4.50. The summed E-state index contributed by atoms with van der Waals surface area (Å²) in [7, 11) is 0. The number of unbranched alkanes of at least 4 members (excludes halogenated alkanes) is 4. The highest BCUT2D eigenvalue weighted by molar-refractivity contribution is 7.99. The van der Waals surface area contributed by atoms with E-state index in [1.54, 1.807) is 11.8 Å². The van der Waals surface area contributed by atoms with Crippen LogP contribution in [0.1, 0.15) is 71.6 Å². The number of ether oxygens (including phenoxy) is 1. The van der Waals surface area contributed by atoms with Crippen molar-refractivity contribution in [3.05, 3.63) is 36.5 Å². The molecule has 0 aliphatic carbocycles. The molecule has 3 heteroatoms. The molecule has 0 spiro atoms. The number of allylic oxidation sites excluding steroid dienone is 6. The zero-order chi connectivity index (χ0) is 17.9. The van der Waals surface area contributed by atoms with Crippen LogP contribution in [0.3, 0.4) is 0 Å². The summed E-state index contributed by atoms with van der Waals surface area (Å²) < 4.78 is 5.09. The van der Waals surface area contributed by atoms with Crippen molar-refractivity contribution in [1.29, 1.82) is 0 Å². The molecule has 0 fully saturated rings. The van der Waals surface area contributed by atoms with Crippen molar-refractivity contribution < 1.29 is 9.53 Å². The molecule has 0 N–H and O–H groups in total. The second kappa shape index (κ2) is 18.4. The van der Waals surface area contributed by atoms with Gasteiger partial charge in [-0.05, 0) is 51.7 Å². The molecule has 0 saturated carbocycles. The highest BCUT2D eigenvalue weighted by atomic mass is 32.2. The molecule has 0 radical (unpaired) electrons. The zero-order valence-corrected chi connectivity index (χ0v) is 16.7. The fourth-order valence-corrected chi connectivity index (χ4v) is 3.00. The first kappa shape index (κ1) is 23.0. The zero-order valence-electron chi connectivity index (χ0n) is 15.8. The summed E-state index contributed by atoms with van der Waals surface area (Å²) in [4.78, 5) is 11.7. The van der Waals surface area contributed by atoms with Crippen LogP contribution in [0, 0.1) is 0 Å². The molecule has 0 aliphatic heterocycles. The van der Waals surface area contributed by atoms with E-state index in [1.165, 1.54) is 19.3 Å². The highest BCUT2D eigenvalue weighted by Gasteiger charge is 2.17. The Bertz CT molecular complexity index is 372. The average Bonchev–Trinajstić information content (AvgIpc) is 2.58. The molecule has 24 heavy (non-hydrogen) atoms. The lowest BCUT2D eigenvalue weighted by atomic mass is 10.1. The molecule has 2 nitrogen and oxygen atoms in total. The van der Waals surface area contributed by atoms with E-state index in [4.69, 9.17) is 4.74 Å². The summed E-state index contributed by atoms with van der Waals surface area (Å²) in [5.74, 6) is -0.0498. The van der Waals surface area contributed by atoms with Crippen LogP contribution in [0.5, 0.6) is 0 Å². The SMILES string of the molecule is CC/C=C\C/C=C\C/C=C\CCCCCCC(SC)C(=O)OCC. The number of esters is 1. The fraction of sp³-hybridized carbons (Fsp3) is 0.667. The Morgan fingerprint density at radius 1 is 0.917 bits per heavy atom. The maximum Gasteiger partial charge on any atom is 0.319 e. The summed E-state index contributed by atoms with van der Waals surface area (Å²) >= 11 is 1.61. The van der Waals surface area contributed by atoms with Gasteiger partial charge < -0.3 is 4.74 Å². The van der Waals surface area contributed by atoms with Crippen LogP contribution >= 0.6 is 11.8 Å². The van der Waals surface area contributed by atoms with E-state index in [0.717, 1.165) is 38.5 Å². The Kier molecular flexibility index (Phi) is 17.6. The van der Waals surface area contributed by atoms with Crippen molar-refractivity contribution in [2.24, 2.45) is 0 Å². The number of hydrogen-bond donors (Lipinski definition) is 0. The second-order valence-electron chi connectivity index (χ2n) is 5.76. The molecular weight excluding hydrogens is 316 g/mol. The van der Waals surface area contributed by atoms with E-state index in [2.05, 4.69) is 43.4 Å². The van der Waals surface area contributed by atoms with Gasteiger partial charge in [0.2, 0.25) is 0 Å².